The minimum absolute atomic E-state index is 0.955. The van der Waals surface area contributed by atoms with E-state index in [1.807, 2.05) is 7.11 Å². The molecule has 0 N–H and O–H groups in total. The van der Waals surface area contributed by atoms with Crippen molar-refractivity contribution in [2.24, 2.45) is 0 Å². The Kier molecular flexibility index (Phi) is 12.8. The quantitative estimate of drug-likeness (QED) is 0.0632. The fourth-order valence-corrected chi connectivity index (χ4v) is 12.6. The van der Waals surface area contributed by atoms with Crippen LogP contribution in [-0.4, -0.2) is 22.3 Å². The zero-order valence-electron chi connectivity index (χ0n) is 30.9. The molecule has 4 aromatic carbocycles. The summed E-state index contributed by atoms with van der Waals surface area (Å²) in [6.45, 7) is 6.93. The molecule has 5 rings (SSSR count). The number of ether oxygens (including phenoxy) is 2. The highest BCUT2D eigenvalue weighted by Crippen LogP contribution is 2.52. The molecule has 0 amide bonds. The van der Waals surface area contributed by atoms with Crippen molar-refractivity contribution in [3.63, 3.8) is 0 Å². The molecule has 0 heterocycles. The number of benzene rings is 4. The van der Waals surface area contributed by atoms with Crippen LogP contribution in [0.3, 0.4) is 0 Å². The molecule has 1 aliphatic carbocycles. The van der Waals surface area contributed by atoms with E-state index in [2.05, 4.69) is 111 Å². The molecule has 0 saturated heterocycles. The van der Waals surface area contributed by atoms with E-state index in [0.29, 0.717) is 0 Å². The lowest BCUT2D eigenvalue weighted by Crippen LogP contribution is -2.44. The Morgan fingerprint density at radius 3 is 1.18 bits per heavy atom. The first-order valence-corrected chi connectivity index (χ1v) is 21.8. The molecule has 0 fully saturated rings. The largest absolute Gasteiger partial charge is 0.357 e. The van der Waals surface area contributed by atoms with Crippen molar-refractivity contribution in [3.8, 4) is 23.8 Å². The average molecular weight is 671 g/mol. The molecule has 0 atom stereocenters. The van der Waals surface area contributed by atoms with Crippen molar-refractivity contribution in [1.82, 2.24) is 0 Å². The minimum Gasteiger partial charge on any atom is -0.357 e. The maximum atomic E-state index is 6.86. The summed E-state index contributed by atoms with van der Waals surface area (Å²) in [7, 11) is 1.58. The third-order valence-corrected chi connectivity index (χ3v) is 15.7. The molecule has 258 valence electrons. The molecule has 1 aliphatic rings. The van der Waals surface area contributed by atoms with E-state index < -0.39 is 19.3 Å². The van der Waals surface area contributed by atoms with Gasteiger partial charge in [-0.3, -0.25) is 0 Å². The first kappa shape index (κ1) is 36.9. The van der Waals surface area contributed by atoms with Crippen LogP contribution in [-0.2, 0) is 20.7 Å². The fourth-order valence-electron chi connectivity index (χ4n) is 8.23. The van der Waals surface area contributed by atoms with Gasteiger partial charge in [0, 0.05) is 36.5 Å². The number of rotatable bonds is 17. The van der Waals surface area contributed by atoms with Gasteiger partial charge in [0.05, 0.1) is 0 Å². The smallest absolute Gasteiger partial charge is 0.179 e. The summed E-state index contributed by atoms with van der Waals surface area (Å²) in [5.41, 5.74) is 6.11. The van der Waals surface area contributed by atoms with Crippen LogP contribution in [0, 0.1) is 23.8 Å². The SMILES string of the molecule is C#CC1(OC)c2cc3ccccc3cc2C(C#C[Si](CCCCCC)(CCCCCC)CCCCCC)(OC)c2cc3ccccc3cc21. The van der Waals surface area contributed by atoms with E-state index in [9.17, 15) is 0 Å². The van der Waals surface area contributed by atoms with Crippen molar-refractivity contribution in [2.45, 2.75) is 127 Å². The third-order valence-electron chi connectivity index (χ3n) is 11.1. The lowest BCUT2D eigenvalue weighted by Gasteiger charge is -2.44. The topological polar surface area (TPSA) is 18.5 Å². The van der Waals surface area contributed by atoms with Crippen LogP contribution in [0.25, 0.3) is 21.5 Å². The summed E-state index contributed by atoms with van der Waals surface area (Å²) in [6.07, 6.45) is 22.0. The van der Waals surface area contributed by atoms with Crippen molar-refractivity contribution in [3.05, 3.63) is 95.1 Å². The number of hydrogen-bond donors (Lipinski definition) is 0. The predicted octanol–water partition coefficient (Wildman–Crippen LogP) is 12.5. The lowest BCUT2D eigenvalue weighted by atomic mass is 9.66. The Labute approximate surface area is 298 Å². The van der Waals surface area contributed by atoms with Crippen LogP contribution in [0.2, 0.25) is 18.1 Å². The van der Waals surface area contributed by atoms with Gasteiger partial charge in [-0.05, 0) is 63.9 Å². The van der Waals surface area contributed by atoms with Crippen molar-refractivity contribution in [2.75, 3.05) is 14.2 Å². The highest BCUT2D eigenvalue weighted by Gasteiger charge is 2.51. The van der Waals surface area contributed by atoms with Crippen molar-refractivity contribution in [1.29, 1.82) is 0 Å². The van der Waals surface area contributed by atoms with E-state index in [1.165, 1.54) is 95.2 Å². The summed E-state index contributed by atoms with van der Waals surface area (Å²) in [4.78, 5) is 0. The average Bonchev–Trinajstić information content (AvgIpc) is 3.14. The summed E-state index contributed by atoms with van der Waals surface area (Å²) >= 11 is 0. The molecular formula is C46H58O2Si. The Morgan fingerprint density at radius 1 is 0.531 bits per heavy atom. The van der Waals surface area contributed by atoms with E-state index in [0.717, 1.165) is 43.8 Å². The number of methoxy groups -OCH3 is 2. The molecular weight excluding hydrogens is 613 g/mol. The summed E-state index contributed by atoms with van der Waals surface area (Å²) in [5, 5.41) is 4.56. The number of unbranched alkanes of at least 4 members (excludes halogenated alkanes) is 9. The van der Waals surface area contributed by atoms with Gasteiger partial charge in [0.2, 0.25) is 0 Å². The Bertz CT molecular complexity index is 1680. The molecule has 0 bridgehead atoms. The number of fused-ring (bicyclic) bond motifs is 4. The van der Waals surface area contributed by atoms with Crippen molar-refractivity contribution >= 4 is 29.6 Å². The maximum absolute atomic E-state index is 6.86. The van der Waals surface area contributed by atoms with E-state index >= 15 is 0 Å². The van der Waals surface area contributed by atoms with E-state index in [4.69, 9.17) is 15.9 Å². The molecule has 0 saturated carbocycles. The molecule has 0 aromatic heterocycles. The van der Waals surface area contributed by atoms with Crippen LogP contribution in [0.4, 0.5) is 0 Å². The van der Waals surface area contributed by atoms with Gasteiger partial charge in [0.15, 0.2) is 11.2 Å². The van der Waals surface area contributed by atoms with Gasteiger partial charge in [0.1, 0.15) is 8.07 Å². The van der Waals surface area contributed by atoms with E-state index in [-0.39, 0.29) is 0 Å². The van der Waals surface area contributed by atoms with Crippen LogP contribution in [0.5, 0.6) is 0 Å². The zero-order valence-corrected chi connectivity index (χ0v) is 31.9. The van der Waals surface area contributed by atoms with Crippen LogP contribution >= 0.6 is 0 Å². The summed E-state index contributed by atoms with van der Waals surface area (Å²) in [6, 6.07) is 29.9. The summed E-state index contributed by atoms with van der Waals surface area (Å²) < 4.78 is 13.3. The zero-order chi connectivity index (χ0) is 34.7. The summed E-state index contributed by atoms with van der Waals surface area (Å²) in [5.74, 6) is 7.19. The molecule has 0 aliphatic heterocycles. The Hall–Kier alpha value is -3.34. The van der Waals surface area contributed by atoms with Crippen LogP contribution < -0.4 is 0 Å². The molecule has 0 spiro atoms. The standard InChI is InChI=1S/C46H58O2Si/c1-7-11-14-21-29-49(30-22-15-12-8-2,31-23-16-13-9-3)32-28-46(48-6)43-35-39-26-19-17-24-37(39)33-41(43)45(10-4,47-5)42-34-38-25-18-20-27-40(38)36-44(42)46/h4,17-20,24-27,33-36H,7-9,11-16,21-23,29-31H2,1-3,5-6H3. The van der Waals surface area contributed by atoms with Crippen LogP contribution in [0.15, 0.2) is 72.8 Å². The highest BCUT2D eigenvalue weighted by atomic mass is 28.3. The molecule has 3 heteroatoms. The van der Waals surface area contributed by atoms with E-state index in [1.54, 1.807) is 7.11 Å². The van der Waals surface area contributed by atoms with Gasteiger partial charge in [-0.25, -0.2) is 0 Å². The number of hydrogen-bond acceptors (Lipinski definition) is 2. The van der Waals surface area contributed by atoms with Gasteiger partial charge < -0.3 is 9.47 Å². The van der Waals surface area contributed by atoms with Gasteiger partial charge in [-0.1, -0.05) is 158 Å². The van der Waals surface area contributed by atoms with Crippen LogP contribution in [0.1, 0.15) is 120 Å². The second kappa shape index (κ2) is 17.0. The molecule has 0 unspecified atom stereocenters. The van der Waals surface area contributed by atoms with Crippen molar-refractivity contribution < 1.29 is 9.47 Å². The molecule has 49 heavy (non-hydrogen) atoms. The third kappa shape index (κ3) is 7.56. The first-order chi connectivity index (χ1) is 24.0. The molecule has 4 aromatic rings. The normalized spacial score (nSPS) is 18.4. The predicted molar refractivity (Wildman–Crippen MR) is 213 cm³/mol. The highest BCUT2D eigenvalue weighted by molar-refractivity contribution is 6.87. The minimum atomic E-state index is -2.01. The Morgan fingerprint density at radius 2 is 0.878 bits per heavy atom. The molecule has 2 nitrogen and oxygen atoms in total. The Balaban J connectivity index is 1.79. The second-order valence-corrected chi connectivity index (χ2v) is 18.7. The van der Waals surface area contributed by atoms with Gasteiger partial charge in [-0.2, -0.15) is 0 Å². The fraction of sp³-hybridized carbons (Fsp3) is 0.478. The maximum Gasteiger partial charge on any atom is 0.179 e. The van der Waals surface area contributed by atoms with Gasteiger partial charge in [-0.15, -0.1) is 12.0 Å². The lowest BCUT2D eigenvalue weighted by molar-refractivity contribution is 0.0334. The van der Waals surface area contributed by atoms with Gasteiger partial charge in [0.25, 0.3) is 0 Å². The molecule has 0 radical (unpaired) electrons. The first-order valence-electron chi connectivity index (χ1n) is 19.2. The second-order valence-electron chi connectivity index (χ2n) is 14.4. The number of terminal acetylenes is 1. The monoisotopic (exact) mass is 670 g/mol. The van der Waals surface area contributed by atoms with Gasteiger partial charge >= 0.3 is 0 Å².